The van der Waals surface area contributed by atoms with Crippen LogP contribution in [0.15, 0.2) is 77.4 Å². The van der Waals surface area contributed by atoms with E-state index in [2.05, 4.69) is 10.3 Å². The Morgan fingerprint density at radius 3 is 2.48 bits per heavy atom. The monoisotopic (exact) mass is 413 g/mol. The third kappa shape index (κ3) is 2.93. The second kappa shape index (κ2) is 6.98. The molecule has 1 fully saturated rings. The lowest BCUT2D eigenvalue weighted by Crippen LogP contribution is -2.41. The second-order valence-electron chi connectivity index (χ2n) is 7.63. The highest BCUT2D eigenvalue weighted by Crippen LogP contribution is 2.33. The number of carbonyl (C=O) groups excluding carboxylic acids is 3. The molecule has 0 bridgehead atoms. The number of hydrogen-bond donors (Lipinski definition) is 2. The molecule has 2 aromatic heterocycles. The van der Waals surface area contributed by atoms with Crippen LogP contribution in [-0.2, 0) is 10.3 Å². The van der Waals surface area contributed by atoms with Gasteiger partial charge in [-0.05, 0) is 30.7 Å². The molecule has 1 aliphatic rings. The normalized spacial score (nSPS) is 18.5. The minimum absolute atomic E-state index is 0.317. The van der Waals surface area contributed by atoms with Crippen molar-refractivity contribution in [2.75, 3.05) is 6.54 Å². The van der Waals surface area contributed by atoms with Crippen molar-refractivity contribution in [2.45, 2.75) is 12.5 Å². The van der Waals surface area contributed by atoms with Crippen molar-refractivity contribution in [3.05, 3.63) is 84.3 Å². The van der Waals surface area contributed by atoms with E-state index in [4.69, 9.17) is 4.42 Å². The summed E-state index contributed by atoms with van der Waals surface area (Å²) in [5.74, 6) is -0.539. The van der Waals surface area contributed by atoms with Gasteiger partial charge < -0.3 is 14.7 Å². The van der Waals surface area contributed by atoms with E-state index >= 15 is 0 Å². The molecule has 7 nitrogen and oxygen atoms in total. The molecule has 3 heterocycles. The number of imide groups is 1. The van der Waals surface area contributed by atoms with Gasteiger partial charge in [-0.2, -0.15) is 0 Å². The van der Waals surface area contributed by atoms with Crippen molar-refractivity contribution >= 4 is 28.6 Å². The fraction of sp³-hybridized carbons (Fsp3) is 0.125. The third-order valence-electron chi connectivity index (χ3n) is 5.64. The highest BCUT2D eigenvalue weighted by atomic mass is 16.3. The number of nitrogens with one attached hydrogen (secondary N) is 2. The van der Waals surface area contributed by atoms with E-state index in [1.165, 1.54) is 6.26 Å². The molecular formula is C24H19N3O4. The van der Waals surface area contributed by atoms with Gasteiger partial charge in [-0.15, -0.1) is 0 Å². The predicted octanol–water partition coefficient (Wildman–Crippen LogP) is 4.08. The Balaban J connectivity index is 1.53. The van der Waals surface area contributed by atoms with Gasteiger partial charge in [-0.1, -0.05) is 48.5 Å². The highest BCUT2D eigenvalue weighted by Gasteiger charge is 2.51. The Hall–Kier alpha value is -4.13. The summed E-state index contributed by atoms with van der Waals surface area (Å²) in [7, 11) is 0. The van der Waals surface area contributed by atoms with Crippen LogP contribution in [0.1, 0.15) is 23.0 Å². The molecule has 0 saturated carbocycles. The molecule has 2 N–H and O–H groups in total. The molecule has 0 aliphatic carbocycles. The molecule has 4 aromatic rings. The average molecular weight is 413 g/mol. The van der Waals surface area contributed by atoms with Gasteiger partial charge in [-0.3, -0.25) is 14.5 Å². The van der Waals surface area contributed by atoms with Crippen molar-refractivity contribution in [3.8, 4) is 11.3 Å². The first-order chi connectivity index (χ1) is 15.0. The number of benzene rings is 2. The molecule has 0 unspecified atom stereocenters. The van der Waals surface area contributed by atoms with E-state index in [0.29, 0.717) is 17.0 Å². The molecule has 0 radical (unpaired) electrons. The molecular weight excluding hydrogens is 394 g/mol. The molecule has 31 heavy (non-hydrogen) atoms. The summed E-state index contributed by atoms with van der Waals surface area (Å²) in [5.41, 5.74) is 1.42. The number of fused-ring (bicyclic) bond motifs is 1. The lowest BCUT2D eigenvalue weighted by Gasteiger charge is -2.18. The van der Waals surface area contributed by atoms with Gasteiger partial charge in [0.15, 0.2) is 11.3 Å². The van der Waals surface area contributed by atoms with Crippen LogP contribution in [-0.4, -0.2) is 34.2 Å². The fourth-order valence-electron chi connectivity index (χ4n) is 4.05. The van der Waals surface area contributed by atoms with Gasteiger partial charge in [-0.25, -0.2) is 4.79 Å². The SMILES string of the molecule is C[C@@]1(c2ccco2)NC(=O)N(CC(=O)c2c(-c3ccccc3)[nH]c3ccccc23)C1=O. The number of furan rings is 1. The summed E-state index contributed by atoms with van der Waals surface area (Å²) in [6, 6.07) is 19.6. The summed E-state index contributed by atoms with van der Waals surface area (Å²) < 4.78 is 5.35. The molecule has 1 aliphatic heterocycles. The molecule has 0 spiro atoms. The van der Waals surface area contributed by atoms with E-state index in [-0.39, 0.29) is 12.3 Å². The number of rotatable bonds is 5. The first-order valence-corrected chi connectivity index (χ1v) is 9.86. The first kappa shape index (κ1) is 18.9. The van der Waals surface area contributed by atoms with Crippen molar-refractivity contribution in [2.24, 2.45) is 0 Å². The van der Waals surface area contributed by atoms with Gasteiger partial charge in [0.25, 0.3) is 5.91 Å². The third-order valence-corrected chi connectivity index (χ3v) is 5.64. The van der Waals surface area contributed by atoms with Crippen LogP contribution >= 0.6 is 0 Å². The largest absolute Gasteiger partial charge is 0.466 e. The smallest absolute Gasteiger partial charge is 0.325 e. The maximum absolute atomic E-state index is 13.4. The van der Waals surface area contributed by atoms with Gasteiger partial charge >= 0.3 is 6.03 Å². The van der Waals surface area contributed by atoms with Crippen molar-refractivity contribution < 1.29 is 18.8 Å². The number of para-hydroxylation sites is 1. The van der Waals surface area contributed by atoms with Crippen LogP contribution in [0.3, 0.4) is 0 Å². The summed E-state index contributed by atoms with van der Waals surface area (Å²) in [6.07, 6.45) is 1.44. The Kier molecular flexibility index (Phi) is 4.25. The Labute approximate surface area is 177 Å². The standard InChI is InChI=1S/C24H19N3O4/c1-24(19-12-7-13-31-19)22(29)27(23(30)26-24)14-18(28)20-16-10-5-6-11-17(16)25-21(20)15-8-3-2-4-9-15/h2-13,25H,14H2,1H3,(H,26,30)/t24-/m0/s1. The molecule has 1 saturated heterocycles. The summed E-state index contributed by atoms with van der Waals surface area (Å²) in [4.78, 5) is 43.4. The topological polar surface area (TPSA) is 95.4 Å². The number of Topliss-reactive ketones (excluding diaryl/α,β-unsaturated/α-hetero) is 1. The second-order valence-corrected chi connectivity index (χ2v) is 7.63. The van der Waals surface area contributed by atoms with Crippen LogP contribution in [0.25, 0.3) is 22.2 Å². The van der Waals surface area contributed by atoms with Gasteiger partial charge in [0.05, 0.1) is 24.1 Å². The van der Waals surface area contributed by atoms with Crippen molar-refractivity contribution in [3.63, 3.8) is 0 Å². The number of carbonyl (C=O) groups is 3. The van der Waals surface area contributed by atoms with Crippen molar-refractivity contribution in [1.82, 2.24) is 15.2 Å². The van der Waals surface area contributed by atoms with Crippen LogP contribution in [0, 0.1) is 0 Å². The Morgan fingerprint density at radius 1 is 1.00 bits per heavy atom. The Bertz CT molecular complexity index is 1310. The number of nitrogens with zero attached hydrogens (tertiary/aromatic N) is 1. The number of urea groups is 1. The lowest BCUT2D eigenvalue weighted by atomic mass is 9.98. The summed E-state index contributed by atoms with van der Waals surface area (Å²) in [5, 5.41) is 3.39. The quantitative estimate of drug-likeness (QED) is 0.381. The first-order valence-electron chi connectivity index (χ1n) is 9.86. The number of H-pyrrole nitrogens is 1. The highest BCUT2D eigenvalue weighted by molar-refractivity contribution is 6.17. The Morgan fingerprint density at radius 2 is 1.74 bits per heavy atom. The average Bonchev–Trinajstić information content (AvgIpc) is 3.49. The van der Waals surface area contributed by atoms with Crippen LogP contribution < -0.4 is 5.32 Å². The van der Waals surface area contributed by atoms with Gasteiger partial charge in [0, 0.05) is 10.9 Å². The molecule has 5 rings (SSSR count). The molecule has 154 valence electrons. The fourth-order valence-corrected chi connectivity index (χ4v) is 4.05. The zero-order chi connectivity index (χ0) is 21.6. The minimum Gasteiger partial charge on any atom is -0.466 e. The number of hydrogen-bond acceptors (Lipinski definition) is 4. The lowest BCUT2D eigenvalue weighted by molar-refractivity contribution is -0.131. The van der Waals surface area contributed by atoms with Crippen molar-refractivity contribution in [1.29, 1.82) is 0 Å². The maximum Gasteiger partial charge on any atom is 0.325 e. The van der Waals surface area contributed by atoms with Crippen LogP contribution in [0.5, 0.6) is 0 Å². The summed E-state index contributed by atoms with van der Waals surface area (Å²) >= 11 is 0. The summed E-state index contributed by atoms with van der Waals surface area (Å²) in [6.45, 7) is 1.19. The number of ketones is 1. The number of amides is 3. The molecule has 2 aromatic carbocycles. The van der Waals surface area contributed by atoms with Gasteiger partial charge in [0.1, 0.15) is 5.76 Å². The predicted molar refractivity (Wildman–Crippen MR) is 114 cm³/mol. The zero-order valence-electron chi connectivity index (χ0n) is 16.7. The minimum atomic E-state index is -1.34. The maximum atomic E-state index is 13.4. The van der Waals surface area contributed by atoms with E-state index in [9.17, 15) is 14.4 Å². The van der Waals surface area contributed by atoms with E-state index < -0.39 is 17.5 Å². The molecule has 1 atom stereocenters. The molecule has 3 amide bonds. The van der Waals surface area contributed by atoms with E-state index in [0.717, 1.165) is 21.4 Å². The van der Waals surface area contributed by atoms with Gasteiger partial charge in [0.2, 0.25) is 0 Å². The molecule has 7 heteroatoms. The van der Waals surface area contributed by atoms with E-state index in [1.807, 2.05) is 54.6 Å². The van der Waals surface area contributed by atoms with Crippen LogP contribution in [0.2, 0.25) is 0 Å². The zero-order valence-corrected chi connectivity index (χ0v) is 16.7. The van der Waals surface area contributed by atoms with E-state index in [1.54, 1.807) is 19.1 Å². The number of aromatic amines is 1. The van der Waals surface area contributed by atoms with Crippen LogP contribution in [0.4, 0.5) is 4.79 Å². The number of aromatic nitrogens is 1.